The van der Waals surface area contributed by atoms with Crippen LogP contribution in [0.4, 0.5) is 0 Å². The summed E-state index contributed by atoms with van der Waals surface area (Å²) >= 11 is 0. The largest absolute Gasteiger partial charge is 0.493 e. The first-order chi connectivity index (χ1) is 11.3. The molecule has 2 rings (SSSR count). The lowest BCUT2D eigenvalue weighted by Gasteiger charge is -2.12. The minimum Gasteiger partial charge on any atom is -0.493 e. The van der Waals surface area contributed by atoms with Gasteiger partial charge >= 0.3 is 0 Å². The van der Waals surface area contributed by atoms with E-state index in [1.54, 1.807) is 12.1 Å². The molecule has 0 saturated carbocycles. The van der Waals surface area contributed by atoms with Crippen LogP contribution in [-0.4, -0.2) is 19.1 Å². The first-order valence-electron chi connectivity index (χ1n) is 7.90. The highest BCUT2D eigenvalue weighted by Crippen LogP contribution is 2.18. The van der Waals surface area contributed by atoms with E-state index in [-0.39, 0.29) is 5.91 Å². The molecule has 0 fully saturated rings. The van der Waals surface area contributed by atoms with Crippen LogP contribution in [0.15, 0.2) is 48.5 Å². The Bertz CT molecular complexity index is 640. The minimum atomic E-state index is -0.139. The van der Waals surface area contributed by atoms with Crippen molar-refractivity contribution in [2.45, 2.75) is 27.0 Å². The fraction of sp³-hybridized carbons (Fsp3) is 0.316. The Morgan fingerprint density at radius 1 is 0.957 bits per heavy atom. The summed E-state index contributed by atoms with van der Waals surface area (Å²) in [5, 5.41) is 2.96. The van der Waals surface area contributed by atoms with Crippen molar-refractivity contribution in [1.82, 2.24) is 5.32 Å². The lowest BCUT2D eigenvalue weighted by atomic mass is 10.1. The molecule has 0 bridgehead atoms. The predicted molar refractivity (Wildman–Crippen MR) is 90.6 cm³/mol. The average Bonchev–Trinajstić information content (AvgIpc) is 2.59. The molecule has 0 spiro atoms. The van der Waals surface area contributed by atoms with Crippen molar-refractivity contribution in [3.8, 4) is 5.75 Å². The van der Waals surface area contributed by atoms with Gasteiger partial charge in [-0.25, -0.2) is 0 Å². The molecule has 0 heterocycles. The number of carbonyl (C=O) groups is 1. The molecule has 4 heteroatoms. The first kappa shape index (κ1) is 17.0. The van der Waals surface area contributed by atoms with Crippen molar-refractivity contribution in [2.75, 3.05) is 13.2 Å². The molecule has 0 unspecified atom stereocenters. The van der Waals surface area contributed by atoms with E-state index in [1.165, 1.54) is 0 Å². The molecular formula is C19H23NO3. The summed E-state index contributed by atoms with van der Waals surface area (Å²) in [5.74, 6) is 0.468. The van der Waals surface area contributed by atoms with Gasteiger partial charge < -0.3 is 14.8 Å². The molecule has 1 amide bonds. The Morgan fingerprint density at radius 3 is 2.39 bits per heavy atom. The van der Waals surface area contributed by atoms with Gasteiger partial charge in [0.05, 0.1) is 18.8 Å². The third-order valence-electron chi connectivity index (χ3n) is 3.45. The number of benzene rings is 2. The van der Waals surface area contributed by atoms with Crippen molar-refractivity contribution < 1.29 is 14.3 Å². The summed E-state index contributed by atoms with van der Waals surface area (Å²) in [6.45, 7) is 6.08. The highest BCUT2D eigenvalue weighted by atomic mass is 16.5. The Kier molecular flexibility index (Phi) is 6.63. The van der Waals surface area contributed by atoms with E-state index < -0.39 is 0 Å². The number of hydrogen-bond acceptors (Lipinski definition) is 3. The van der Waals surface area contributed by atoms with Gasteiger partial charge in [-0.3, -0.25) is 4.79 Å². The topological polar surface area (TPSA) is 47.6 Å². The zero-order valence-corrected chi connectivity index (χ0v) is 13.7. The second-order valence-corrected chi connectivity index (χ2v) is 5.02. The van der Waals surface area contributed by atoms with Crippen LogP contribution in [0.2, 0.25) is 0 Å². The van der Waals surface area contributed by atoms with Gasteiger partial charge in [-0.15, -0.1) is 0 Å². The van der Waals surface area contributed by atoms with Crippen molar-refractivity contribution in [3.63, 3.8) is 0 Å². The lowest BCUT2D eigenvalue weighted by Crippen LogP contribution is -2.24. The number of rotatable bonds is 8. The van der Waals surface area contributed by atoms with Gasteiger partial charge in [0.1, 0.15) is 5.75 Å². The molecule has 0 aliphatic rings. The monoisotopic (exact) mass is 313 g/mol. The summed E-state index contributed by atoms with van der Waals surface area (Å²) < 4.78 is 11.0. The van der Waals surface area contributed by atoms with Gasteiger partial charge in [0, 0.05) is 13.2 Å². The molecule has 1 N–H and O–H groups in total. The van der Waals surface area contributed by atoms with Crippen LogP contribution >= 0.6 is 0 Å². The summed E-state index contributed by atoms with van der Waals surface area (Å²) in [4.78, 5) is 12.4. The molecule has 122 valence electrons. The number of carbonyl (C=O) groups excluding carboxylic acids is 1. The summed E-state index contributed by atoms with van der Waals surface area (Å²) in [5.41, 5.74) is 2.70. The molecule has 0 atom stereocenters. The van der Waals surface area contributed by atoms with Crippen molar-refractivity contribution in [2.24, 2.45) is 0 Å². The SMILES string of the molecule is CCOCc1ccccc1CNC(=O)c1ccccc1OCC. The first-order valence-corrected chi connectivity index (χ1v) is 7.90. The van der Waals surface area contributed by atoms with Crippen molar-refractivity contribution in [1.29, 1.82) is 0 Å². The quantitative estimate of drug-likeness (QED) is 0.810. The summed E-state index contributed by atoms with van der Waals surface area (Å²) in [6, 6.07) is 15.2. The number of hydrogen-bond donors (Lipinski definition) is 1. The Morgan fingerprint density at radius 2 is 1.65 bits per heavy atom. The van der Waals surface area contributed by atoms with E-state index in [1.807, 2.05) is 50.2 Å². The molecule has 0 aliphatic carbocycles. The standard InChI is InChI=1S/C19H23NO3/c1-3-22-14-16-10-6-5-9-15(16)13-20-19(21)17-11-7-8-12-18(17)23-4-2/h5-12H,3-4,13-14H2,1-2H3,(H,20,21). The maximum absolute atomic E-state index is 12.4. The molecule has 0 saturated heterocycles. The molecule has 4 nitrogen and oxygen atoms in total. The van der Waals surface area contributed by atoms with Crippen LogP contribution in [0.3, 0.4) is 0 Å². The Hall–Kier alpha value is -2.33. The summed E-state index contributed by atoms with van der Waals surface area (Å²) in [7, 11) is 0. The third-order valence-corrected chi connectivity index (χ3v) is 3.45. The smallest absolute Gasteiger partial charge is 0.255 e. The highest BCUT2D eigenvalue weighted by Gasteiger charge is 2.12. The van der Waals surface area contributed by atoms with E-state index in [0.29, 0.717) is 37.7 Å². The van der Waals surface area contributed by atoms with Crippen LogP contribution in [0.5, 0.6) is 5.75 Å². The second kappa shape index (κ2) is 8.96. The molecule has 2 aromatic carbocycles. The van der Waals surface area contributed by atoms with Crippen LogP contribution < -0.4 is 10.1 Å². The lowest BCUT2D eigenvalue weighted by molar-refractivity contribution is 0.0946. The Labute approximate surface area is 137 Å². The fourth-order valence-corrected chi connectivity index (χ4v) is 2.29. The molecule has 23 heavy (non-hydrogen) atoms. The van der Waals surface area contributed by atoms with E-state index in [0.717, 1.165) is 11.1 Å². The van der Waals surface area contributed by atoms with Crippen LogP contribution in [0.25, 0.3) is 0 Å². The van der Waals surface area contributed by atoms with Gasteiger partial charge in [-0.1, -0.05) is 36.4 Å². The van der Waals surface area contributed by atoms with Crippen molar-refractivity contribution >= 4 is 5.91 Å². The molecular weight excluding hydrogens is 290 g/mol. The number of para-hydroxylation sites is 1. The number of ether oxygens (including phenoxy) is 2. The minimum absolute atomic E-state index is 0.139. The maximum Gasteiger partial charge on any atom is 0.255 e. The van der Waals surface area contributed by atoms with E-state index in [4.69, 9.17) is 9.47 Å². The zero-order chi connectivity index (χ0) is 16.5. The van der Waals surface area contributed by atoms with Gasteiger partial charge in [0.15, 0.2) is 0 Å². The van der Waals surface area contributed by atoms with E-state index >= 15 is 0 Å². The van der Waals surface area contributed by atoms with E-state index in [2.05, 4.69) is 5.32 Å². The van der Waals surface area contributed by atoms with Gasteiger partial charge in [0.2, 0.25) is 0 Å². The third kappa shape index (κ3) is 4.83. The zero-order valence-electron chi connectivity index (χ0n) is 13.7. The number of nitrogens with one attached hydrogen (secondary N) is 1. The van der Waals surface area contributed by atoms with Crippen LogP contribution in [0, 0.1) is 0 Å². The van der Waals surface area contributed by atoms with Crippen molar-refractivity contribution in [3.05, 3.63) is 65.2 Å². The molecule has 0 aromatic heterocycles. The van der Waals surface area contributed by atoms with Gasteiger partial charge in [-0.2, -0.15) is 0 Å². The van der Waals surface area contributed by atoms with Gasteiger partial charge in [-0.05, 0) is 37.1 Å². The fourth-order valence-electron chi connectivity index (χ4n) is 2.29. The Balaban J connectivity index is 2.05. The molecule has 0 radical (unpaired) electrons. The maximum atomic E-state index is 12.4. The normalized spacial score (nSPS) is 10.3. The highest BCUT2D eigenvalue weighted by molar-refractivity contribution is 5.96. The molecule has 0 aliphatic heterocycles. The van der Waals surface area contributed by atoms with Gasteiger partial charge in [0.25, 0.3) is 5.91 Å². The predicted octanol–water partition coefficient (Wildman–Crippen LogP) is 3.55. The second-order valence-electron chi connectivity index (χ2n) is 5.02. The van der Waals surface area contributed by atoms with Crippen LogP contribution in [0.1, 0.15) is 35.3 Å². The average molecular weight is 313 g/mol. The molecule has 2 aromatic rings. The van der Waals surface area contributed by atoms with E-state index in [9.17, 15) is 4.79 Å². The number of amides is 1. The summed E-state index contributed by atoms with van der Waals surface area (Å²) in [6.07, 6.45) is 0. The van der Waals surface area contributed by atoms with Crippen LogP contribution in [-0.2, 0) is 17.9 Å².